The number of nitrogens with zero attached hydrogens (tertiary/aromatic N) is 1. The number of rotatable bonds is 8. The molecule has 2 N–H and O–H groups in total. The van der Waals surface area contributed by atoms with Gasteiger partial charge in [0.05, 0.1) is 14.2 Å². The maximum atomic E-state index is 11.0. The first kappa shape index (κ1) is 16.5. The van der Waals surface area contributed by atoms with Gasteiger partial charge < -0.3 is 20.1 Å². The van der Waals surface area contributed by atoms with Gasteiger partial charge in [-0.2, -0.15) is 0 Å². The summed E-state index contributed by atoms with van der Waals surface area (Å²) >= 11 is 0. The van der Waals surface area contributed by atoms with E-state index in [1.54, 1.807) is 7.11 Å². The van der Waals surface area contributed by atoms with Gasteiger partial charge in [-0.05, 0) is 37.7 Å². The van der Waals surface area contributed by atoms with Crippen molar-refractivity contribution in [2.75, 3.05) is 27.8 Å². The Morgan fingerprint density at radius 2 is 2.10 bits per heavy atom. The molecular weight excluding hydrogens is 256 g/mol. The Hall–Kier alpha value is -1.59. The van der Waals surface area contributed by atoms with E-state index in [1.165, 1.54) is 12.7 Å². The Labute approximate surface area is 120 Å². The molecule has 5 heteroatoms. The van der Waals surface area contributed by atoms with Gasteiger partial charge in [-0.25, -0.2) is 0 Å². The first-order valence-corrected chi connectivity index (χ1v) is 6.72. The van der Waals surface area contributed by atoms with Crippen LogP contribution in [0.2, 0.25) is 0 Å². The van der Waals surface area contributed by atoms with Crippen LogP contribution in [0, 0.1) is 0 Å². The van der Waals surface area contributed by atoms with Gasteiger partial charge in [0.1, 0.15) is 5.75 Å². The molecule has 20 heavy (non-hydrogen) atoms. The largest absolute Gasteiger partial charge is 0.496 e. The lowest BCUT2D eigenvalue weighted by Gasteiger charge is -2.17. The number of carbonyl (C=O) groups excluding carboxylic acids is 1. The molecule has 1 aromatic carbocycles. The fraction of sp³-hybridized carbons (Fsp3) is 0.533. The van der Waals surface area contributed by atoms with Crippen molar-refractivity contribution >= 4 is 5.97 Å². The first-order chi connectivity index (χ1) is 9.60. The number of carbonyl (C=O) groups is 1. The molecule has 0 radical (unpaired) electrons. The minimum Gasteiger partial charge on any atom is -0.496 e. The molecule has 0 saturated heterocycles. The molecule has 0 unspecified atom stereocenters. The molecular formula is C15H24N2O3. The van der Waals surface area contributed by atoms with Crippen LogP contribution >= 0.6 is 0 Å². The van der Waals surface area contributed by atoms with Crippen LogP contribution in [0.3, 0.4) is 0 Å². The van der Waals surface area contributed by atoms with Gasteiger partial charge in [0.15, 0.2) is 0 Å². The molecule has 0 atom stereocenters. The standard InChI is InChI=1S/C15H24N2O3/c1-17(8-4-5-15(18)20-3)11-12-6-7-14(19-2)13(9-12)10-16/h6-7,9H,4-5,8,10-11,16H2,1-3H3. The number of hydrogen-bond donors (Lipinski definition) is 1. The smallest absolute Gasteiger partial charge is 0.305 e. The highest BCUT2D eigenvalue weighted by atomic mass is 16.5. The van der Waals surface area contributed by atoms with E-state index in [0.29, 0.717) is 13.0 Å². The van der Waals surface area contributed by atoms with Crippen LogP contribution in [0.1, 0.15) is 24.0 Å². The van der Waals surface area contributed by atoms with Gasteiger partial charge in [-0.1, -0.05) is 6.07 Å². The summed E-state index contributed by atoms with van der Waals surface area (Å²) in [6, 6.07) is 6.05. The van der Waals surface area contributed by atoms with E-state index in [1.807, 2.05) is 19.2 Å². The summed E-state index contributed by atoms with van der Waals surface area (Å²) in [5.41, 5.74) is 7.90. The maximum absolute atomic E-state index is 11.0. The third kappa shape index (κ3) is 5.19. The van der Waals surface area contributed by atoms with Crippen molar-refractivity contribution < 1.29 is 14.3 Å². The predicted molar refractivity (Wildman–Crippen MR) is 78.5 cm³/mol. The summed E-state index contributed by atoms with van der Waals surface area (Å²) in [5, 5.41) is 0. The Kier molecular flexibility index (Phi) is 7.04. The molecule has 0 aromatic heterocycles. The fourth-order valence-corrected chi connectivity index (χ4v) is 2.08. The van der Waals surface area contributed by atoms with E-state index >= 15 is 0 Å². The number of nitrogens with two attached hydrogens (primary N) is 1. The van der Waals surface area contributed by atoms with Crippen molar-refractivity contribution in [1.29, 1.82) is 0 Å². The molecule has 1 aromatic rings. The molecule has 1 rings (SSSR count). The second-order valence-corrected chi connectivity index (χ2v) is 4.77. The van der Waals surface area contributed by atoms with E-state index in [2.05, 4.69) is 15.7 Å². The lowest BCUT2D eigenvalue weighted by atomic mass is 10.1. The molecule has 0 bridgehead atoms. The van der Waals surface area contributed by atoms with Crippen LogP contribution in [0.15, 0.2) is 18.2 Å². The molecule has 5 nitrogen and oxygen atoms in total. The molecule has 0 aliphatic carbocycles. The van der Waals surface area contributed by atoms with Crippen LogP contribution in [-0.2, 0) is 22.6 Å². The molecule has 0 heterocycles. The third-order valence-corrected chi connectivity index (χ3v) is 3.17. The zero-order valence-electron chi connectivity index (χ0n) is 12.5. The zero-order valence-corrected chi connectivity index (χ0v) is 12.5. The summed E-state index contributed by atoms with van der Waals surface area (Å²) in [7, 11) is 5.09. The van der Waals surface area contributed by atoms with Crippen molar-refractivity contribution in [1.82, 2.24) is 4.90 Å². The minimum absolute atomic E-state index is 0.159. The average molecular weight is 280 g/mol. The summed E-state index contributed by atoms with van der Waals surface area (Å²) in [5.74, 6) is 0.665. The van der Waals surface area contributed by atoms with Gasteiger partial charge in [0, 0.05) is 25.1 Å². The second kappa shape index (κ2) is 8.55. The third-order valence-electron chi connectivity index (χ3n) is 3.17. The quantitative estimate of drug-likeness (QED) is 0.732. The van der Waals surface area contributed by atoms with Gasteiger partial charge in [0.25, 0.3) is 0 Å². The Morgan fingerprint density at radius 1 is 1.35 bits per heavy atom. The van der Waals surface area contributed by atoms with Crippen molar-refractivity contribution in [3.8, 4) is 5.75 Å². The predicted octanol–water partition coefficient (Wildman–Crippen LogP) is 1.54. The van der Waals surface area contributed by atoms with Crippen molar-refractivity contribution in [3.63, 3.8) is 0 Å². The highest BCUT2D eigenvalue weighted by Crippen LogP contribution is 2.20. The fourth-order valence-electron chi connectivity index (χ4n) is 2.08. The highest BCUT2D eigenvalue weighted by Gasteiger charge is 2.06. The molecule has 0 aliphatic rings. The minimum atomic E-state index is -0.159. The number of methoxy groups -OCH3 is 2. The van der Waals surface area contributed by atoms with E-state index in [9.17, 15) is 4.79 Å². The Bertz CT molecular complexity index is 435. The molecule has 112 valence electrons. The van der Waals surface area contributed by atoms with E-state index < -0.39 is 0 Å². The lowest BCUT2D eigenvalue weighted by Crippen LogP contribution is -2.20. The second-order valence-electron chi connectivity index (χ2n) is 4.77. The van der Waals surface area contributed by atoms with Crippen LogP contribution in [0.5, 0.6) is 5.75 Å². The molecule has 0 amide bonds. The van der Waals surface area contributed by atoms with E-state index in [-0.39, 0.29) is 5.97 Å². The first-order valence-electron chi connectivity index (χ1n) is 6.72. The zero-order chi connectivity index (χ0) is 15.0. The monoisotopic (exact) mass is 280 g/mol. The van der Waals surface area contributed by atoms with Crippen LogP contribution in [0.25, 0.3) is 0 Å². The summed E-state index contributed by atoms with van der Waals surface area (Å²) in [4.78, 5) is 13.2. The highest BCUT2D eigenvalue weighted by molar-refractivity contribution is 5.69. The number of ether oxygens (including phenoxy) is 2. The van der Waals surface area contributed by atoms with Gasteiger partial charge in [-0.15, -0.1) is 0 Å². The van der Waals surface area contributed by atoms with Crippen molar-refractivity contribution in [2.24, 2.45) is 5.73 Å². The molecule has 0 spiro atoms. The normalized spacial score (nSPS) is 10.7. The average Bonchev–Trinajstić information content (AvgIpc) is 2.46. The number of benzene rings is 1. The van der Waals surface area contributed by atoms with E-state index in [4.69, 9.17) is 10.5 Å². The van der Waals surface area contributed by atoms with Crippen molar-refractivity contribution in [3.05, 3.63) is 29.3 Å². The Morgan fingerprint density at radius 3 is 2.70 bits per heavy atom. The number of hydrogen-bond acceptors (Lipinski definition) is 5. The van der Waals surface area contributed by atoms with E-state index in [0.717, 1.165) is 30.8 Å². The van der Waals surface area contributed by atoms with Crippen LogP contribution < -0.4 is 10.5 Å². The molecule has 0 fully saturated rings. The van der Waals surface area contributed by atoms with Gasteiger partial charge >= 0.3 is 5.97 Å². The molecule has 0 aliphatic heterocycles. The Balaban J connectivity index is 2.49. The SMILES string of the molecule is COC(=O)CCCN(C)Cc1ccc(OC)c(CN)c1. The van der Waals surface area contributed by atoms with Crippen molar-refractivity contribution in [2.45, 2.75) is 25.9 Å². The van der Waals surface area contributed by atoms with Crippen LogP contribution in [0.4, 0.5) is 0 Å². The van der Waals surface area contributed by atoms with Crippen LogP contribution in [-0.4, -0.2) is 38.7 Å². The summed E-state index contributed by atoms with van der Waals surface area (Å²) < 4.78 is 9.88. The molecule has 0 saturated carbocycles. The summed E-state index contributed by atoms with van der Waals surface area (Å²) in [6.07, 6.45) is 1.25. The van der Waals surface area contributed by atoms with Gasteiger partial charge in [-0.3, -0.25) is 4.79 Å². The topological polar surface area (TPSA) is 64.8 Å². The van der Waals surface area contributed by atoms with Gasteiger partial charge in [0.2, 0.25) is 0 Å². The number of esters is 1. The lowest BCUT2D eigenvalue weighted by molar-refractivity contribution is -0.140. The maximum Gasteiger partial charge on any atom is 0.305 e. The summed E-state index contributed by atoms with van der Waals surface area (Å²) in [6.45, 7) is 2.13.